The lowest BCUT2D eigenvalue weighted by atomic mass is 10.1. The van der Waals surface area contributed by atoms with E-state index in [4.69, 9.17) is 5.73 Å². The standard InChI is InChI=1S/C13H17FN2O/c1-3-4-5-8-16(2)13(17)11-7-6-10(14)9-12(11)15/h3,6-7,9H,1,4-5,8,15H2,2H3. The third-order valence-electron chi connectivity index (χ3n) is 2.49. The van der Waals surface area contributed by atoms with Crippen LogP contribution in [0.3, 0.4) is 0 Å². The number of hydrogen-bond acceptors (Lipinski definition) is 2. The summed E-state index contributed by atoms with van der Waals surface area (Å²) in [6.45, 7) is 4.25. The van der Waals surface area contributed by atoms with Gasteiger partial charge in [-0.25, -0.2) is 4.39 Å². The van der Waals surface area contributed by atoms with Crippen LogP contribution in [-0.2, 0) is 0 Å². The molecule has 1 aromatic rings. The molecular weight excluding hydrogens is 219 g/mol. The van der Waals surface area contributed by atoms with E-state index >= 15 is 0 Å². The minimum atomic E-state index is -0.437. The first kappa shape index (κ1) is 13.2. The summed E-state index contributed by atoms with van der Waals surface area (Å²) >= 11 is 0. The highest BCUT2D eigenvalue weighted by Gasteiger charge is 2.14. The van der Waals surface area contributed by atoms with Crippen LogP contribution in [0.5, 0.6) is 0 Å². The lowest BCUT2D eigenvalue weighted by Gasteiger charge is -2.17. The van der Waals surface area contributed by atoms with Gasteiger partial charge in [-0.1, -0.05) is 6.08 Å². The second kappa shape index (κ2) is 6.03. The van der Waals surface area contributed by atoms with Crippen molar-refractivity contribution >= 4 is 11.6 Å². The van der Waals surface area contributed by atoms with Crippen molar-refractivity contribution < 1.29 is 9.18 Å². The Morgan fingerprint density at radius 3 is 2.88 bits per heavy atom. The molecule has 0 bridgehead atoms. The molecule has 0 aliphatic rings. The van der Waals surface area contributed by atoms with Gasteiger partial charge >= 0.3 is 0 Å². The maximum Gasteiger partial charge on any atom is 0.255 e. The summed E-state index contributed by atoms with van der Waals surface area (Å²) in [7, 11) is 1.70. The molecule has 0 aromatic heterocycles. The lowest BCUT2D eigenvalue weighted by Crippen LogP contribution is -2.28. The first-order chi connectivity index (χ1) is 8.06. The fraction of sp³-hybridized carbons (Fsp3) is 0.308. The number of carbonyl (C=O) groups is 1. The molecule has 0 radical (unpaired) electrons. The van der Waals surface area contributed by atoms with Gasteiger partial charge in [-0.15, -0.1) is 6.58 Å². The van der Waals surface area contributed by atoms with E-state index in [1.54, 1.807) is 11.9 Å². The van der Waals surface area contributed by atoms with Gasteiger partial charge in [0.1, 0.15) is 5.82 Å². The molecule has 1 rings (SSSR count). The van der Waals surface area contributed by atoms with E-state index in [0.717, 1.165) is 18.9 Å². The van der Waals surface area contributed by atoms with Gasteiger partial charge in [-0.2, -0.15) is 0 Å². The normalized spacial score (nSPS) is 10.0. The van der Waals surface area contributed by atoms with Crippen LogP contribution in [0.15, 0.2) is 30.9 Å². The first-order valence-corrected chi connectivity index (χ1v) is 5.47. The number of nitrogens with zero attached hydrogens (tertiary/aromatic N) is 1. The molecular formula is C13H17FN2O. The topological polar surface area (TPSA) is 46.3 Å². The highest BCUT2D eigenvalue weighted by Crippen LogP contribution is 2.15. The number of carbonyl (C=O) groups excluding carboxylic acids is 1. The van der Waals surface area contributed by atoms with E-state index in [-0.39, 0.29) is 11.6 Å². The monoisotopic (exact) mass is 236 g/mol. The van der Waals surface area contributed by atoms with E-state index in [1.165, 1.54) is 12.1 Å². The van der Waals surface area contributed by atoms with E-state index in [9.17, 15) is 9.18 Å². The minimum absolute atomic E-state index is 0.172. The molecule has 0 spiro atoms. The predicted octanol–water partition coefficient (Wildman–Crippen LogP) is 2.45. The van der Waals surface area contributed by atoms with Crippen LogP contribution >= 0.6 is 0 Å². The maximum absolute atomic E-state index is 12.8. The number of benzene rings is 1. The number of nitrogens with two attached hydrogens (primary N) is 1. The van der Waals surface area contributed by atoms with Gasteiger partial charge < -0.3 is 10.6 Å². The van der Waals surface area contributed by atoms with E-state index in [0.29, 0.717) is 12.1 Å². The molecule has 0 saturated heterocycles. The summed E-state index contributed by atoms with van der Waals surface area (Å²) in [6, 6.07) is 3.81. The summed E-state index contributed by atoms with van der Waals surface area (Å²) in [5, 5.41) is 0. The van der Waals surface area contributed by atoms with Crippen molar-refractivity contribution in [3.05, 3.63) is 42.2 Å². The zero-order valence-corrected chi connectivity index (χ0v) is 9.95. The molecule has 0 heterocycles. The molecule has 3 nitrogen and oxygen atoms in total. The van der Waals surface area contributed by atoms with E-state index < -0.39 is 5.82 Å². The highest BCUT2D eigenvalue weighted by molar-refractivity contribution is 5.98. The molecule has 1 amide bonds. The number of hydrogen-bond donors (Lipinski definition) is 1. The summed E-state index contributed by atoms with van der Waals surface area (Å²) < 4.78 is 12.8. The number of anilines is 1. The molecule has 2 N–H and O–H groups in total. The average molecular weight is 236 g/mol. The van der Waals surface area contributed by atoms with Crippen molar-refractivity contribution in [3.63, 3.8) is 0 Å². The minimum Gasteiger partial charge on any atom is -0.398 e. The van der Waals surface area contributed by atoms with Crippen molar-refractivity contribution in [2.24, 2.45) is 0 Å². The Kier molecular flexibility index (Phi) is 4.69. The maximum atomic E-state index is 12.8. The molecule has 0 aliphatic heterocycles. The van der Waals surface area contributed by atoms with Crippen LogP contribution in [0, 0.1) is 5.82 Å². The third-order valence-corrected chi connectivity index (χ3v) is 2.49. The SMILES string of the molecule is C=CCCCN(C)C(=O)c1ccc(F)cc1N. The largest absolute Gasteiger partial charge is 0.398 e. The molecule has 0 unspecified atom stereocenters. The number of nitrogen functional groups attached to an aromatic ring is 1. The zero-order valence-electron chi connectivity index (χ0n) is 9.95. The summed E-state index contributed by atoms with van der Waals surface area (Å²) in [5.41, 5.74) is 6.12. The van der Waals surface area contributed by atoms with Gasteiger partial charge in [0.2, 0.25) is 0 Å². The van der Waals surface area contributed by atoms with Gasteiger partial charge in [-0.3, -0.25) is 4.79 Å². The molecule has 1 aromatic carbocycles. The first-order valence-electron chi connectivity index (χ1n) is 5.47. The fourth-order valence-electron chi connectivity index (χ4n) is 1.51. The Morgan fingerprint density at radius 1 is 1.59 bits per heavy atom. The van der Waals surface area contributed by atoms with Gasteiger partial charge in [0.15, 0.2) is 0 Å². The summed E-state index contributed by atoms with van der Waals surface area (Å²) in [4.78, 5) is 13.5. The van der Waals surface area contributed by atoms with Crippen LogP contribution in [0.4, 0.5) is 10.1 Å². The van der Waals surface area contributed by atoms with E-state index in [2.05, 4.69) is 6.58 Å². The van der Waals surface area contributed by atoms with E-state index in [1.807, 2.05) is 6.08 Å². The van der Waals surface area contributed by atoms with Gasteiger partial charge in [0.25, 0.3) is 5.91 Å². The fourth-order valence-corrected chi connectivity index (χ4v) is 1.51. The quantitative estimate of drug-likeness (QED) is 0.485. The Bertz CT molecular complexity index is 418. The highest BCUT2D eigenvalue weighted by atomic mass is 19.1. The molecule has 92 valence electrons. The molecule has 0 atom stereocenters. The van der Waals surface area contributed by atoms with Crippen molar-refractivity contribution in [3.8, 4) is 0 Å². The van der Waals surface area contributed by atoms with Crippen molar-refractivity contribution in [2.75, 3.05) is 19.3 Å². The smallest absolute Gasteiger partial charge is 0.255 e. The molecule has 17 heavy (non-hydrogen) atoms. The Hall–Kier alpha value is -1.84. The average Bonchev–Trinajstić information content (AvgIpc) is 2.28. The van der Waals surface area contributed by atoms with Gasteiger partial charge in [-0.05, 0) is 31.0 Å². The third kappa shape index (κ3) is 3.59. The number of halogens is 1. The van der Waals surface area contributed by atoms with Gasteiger partial charge in [0, 0.05) is 19.3 Å². The molecule has 0 fully saturated rings. The number of unbranched alkanes of at least 4 members (excludes halogenated alkanes) is 1. The molecule has 4 heteroatoms. The Labute approximate surface area is 101 Å². The van der Waals surface area contributed by atoms with Gasteiger partial charge in [0.05, 0.1) is 5.56 Å². The van der Waals surface area contributed by atoms with Crippen LogP contribution < -0.4 is 5.73 Å². The summed E-state index contributed by atoms with van der Waals surface area (Å²) in [5.74, 6) is -0.625. The van der Waals surface area contributed by atoms with Crippen molar-refractivity contribution in [1.82, 2.24) is 4.90 Å². The number of allylic oxidation sites excluding steroid dienone is 1. The second-order valence-electron chi connectivity index (χ2n) is 3.89. The van der Waals surface area contributed by atoms with Crippen molar-refractivity contribution in [2.45, 2.75) is 12.8 Å². The summed E-state index contributed by atoms with van der Waals surface area (Å²) in [6.07, 6.45) is 3.52. The van der Waals surface area contributed by atoms with Crippen molar-refractivity contribution in [1.29, 1.82) is 0 Å². The molecule has 0 aliphatic carbocycles. The molecule has 0 saturated carbocycles. The number of amides is 1. The van der Waals surface area contributed by atoms with Crippen LogP contribution in [-0.4, -0.2) is 24.4 Å². The zero-order chi connectivity index (χ0) is 12.8. The second-order valence-corrected chi connectivity index (χ2v) is 3.89. The number of rotatable bonds is 5. The Morgan fingerprint density at radius 2 is 2.29 bits per heavy atom. The Balaban J connectivity index is 2.71. The predicted molar refractivity (Wildman–Crippen MR) is 67.2 cm³/mol. The van der Waals surface area contributed by atoms with Crippen LogP contribution in [0.25, 0.3) is 0 Å². The lowest BCUT2D eigenvalue weighted by molar-refractivity contribution is 0.0795. The van der Waals surface area contributed by atoms with Crippen LogP contribution in [0.1, 0.15) is 23.2 Å². The van der Waals surface area contributed by atoms with Crippen LogP contribution in [0.2, 0.25) is 0 Å².